The molecule has 4 heteroatoms. The number of nitrogens with one attached hydrogen (secondary N) is 1. The van der Waals surface area contributed by atoms with E-state index in [4.69, 9.17) is 11.6 Å². The SMILES string of the molecule is CC(C)NCc1ccnc(N(C)Cc2cccc(Cl)c2)c1. The van der Waals surface area contributed by atoms with Gasteiger partial charge in [0.2, 0.25) is 0 Å². The zero-order valence-electron chi connectivity index (χ0n) is 12.8. The van der Waals surface area contributed by atoms with E-state index in [1.807, 2.05) is 37.5 Å². The minimum atomic E-state index is 0.478. The molecule has 0 aliphatic carbocycles. The summed E-state index contributed by atoms with van der Waals surface area (Å²) in [5, 5.41) is 4.19. The molecular weight excluding hydrogens is 282 g/mol. The van der Waals surface area contributed by atoms with Gasteiger partial charge >= 0.3 is 0 Å². The van der Waals surface area contributed by atoms with E-state index in [1.165, 1.54) is 11.1 Å². The number of benzene rings is 1. The molecule has 21 heavy (non-hydrogen) atoms. The fraction of sp³-hybridized carbons (Fsp3) is 0.353. The third-order valence-electron chi connectivity index (χ3n) is 3.22. The number of hydrogen-bond acceptors (Lipinski definition) is 3. The second kappa shape index (κ2) is 7.43. The first kappa shape index (κ1) is 15.8. The van der Waals surface area contributed by atoms with Crippen LogP contribution < -0.4 is 10.2 Å². The first-order valence-electron chi connectivity index (χ1n) is 7.18. The van der Waals surface area contributed by atoms with Gasteiger partial charge < -0.3 is 10.2 Å². The highest BCUT2D eigenvalue weighted by Crippen LogP contribution is 2.16. The molecule has 0 saturated carbocycles. The smallest absolute Gasteiger partial charge is 0.128 e. The third kappa shape index (κ3) is 5.03. The van der Waals surface area contributed by atoms with Crippen LogP contribution in [0, 0.1) is 0 Å². The molecule has 0 unspecified atom stereocenters. The lowest BCUT2D eigenvalue weighted by atomic mass is 10.2. The van der Waals surface area contributed by atoms with Crippen molar-refractivity contribution in [3.8, 4) is 0 Å². The summed E-state index contributed by atoms with van der Waals surface area (Å²) in [6, 6.07) is 12.6. The van der Waals surface area contributed by atoms with Crippen molar-refractivity contribution in [3.05, 3.63) is 58.7 Å². The number of aromatic nitrogens is 1. The highest BCUT2D eigenvalue weighted by atomic mass is 35.5. The monoisotopic (exact) mass is 303 g/mol. The topological polar surface area (TPSA) is 28.2 Å². The highest BCUT2D eigenvalue weighted by molar-refractivity contribution is 6.30. The van der Waals surface area contributed by atoms with Crippen LogP contribution in [0.1, 0.15) is 25.0 Å². The number of hydrogen-bond donors (Lipinski definition) is 1. The second-order valence-electron chi connectivity index (χ2n) is 5.54. The summed E-state index contributed by atoms with van der Waals surface area (Å²) in [7, 11) is 2.04. The molecule has 1 aromatic heterocycles. The van der Waals surface area contributed by atoms with Gasteiger partial charge in [0.15, 0.2) is 0 Å². The Labute approximate surface area is 132 Å². The lowest BCUT2D eigenvalue weighted by Gasteiger charge is -2.19. The molecule has 1 N–H and O–H groups in total. The summed E-state index contributed by atoms with van der Waals surface area (Å²) in [5.41, 5.74) is 2.42. The van der Waals surface area contributed by atoms with E-state index >= 15 is 0 Å². The minimum absolute atomic E-state index is 0.478. The zero-order chi connectivity index (χ0) is 15.2. The molecule has 2 rings (SSSR count). The molecule has 1 aromatic carbocycles. The van der Waals surface area contributed by atoms with Crippen molar-refractivity contribution in [2.75, 3.05) is 11.9 Å². The number of anilines is 1. The van der Waals surface area contributed by atoms with E-state index in [0.717, 1.165) is 23.9 Å². The van der Waals surface area contributed by atoms with Gasteiger partial charge in [-0.3, -0.25) is 0 Å². The van der Waals surface area contributed by atoms with Gasteiger partial charge in [-0.1, -0.05) is 37.6 Å². The van der Waals surface area contributed by atoms with Crippen molar-refractivity contribution in [2.45, 2.75) is 33.0 Å². The Morgan fingerprint density at radius 3 is 2.71 bits per heavy atom. The van der Waals surface area contributed by atoms with E-state index in [1.54, 1.807) is 0 Å². The fourth-order valence-electron chi connectivity index (χ4n) is 2.09. The Balaban J connectivity index is 2.05. The quantitative estimate of drug-likeness (QED) is 0.878. The lowest BCUT2D eigenvalue weighted by molar-refractivity contribution is 0.588. The molecule has 1 heterocycles. The number of pyridine rings is 1. The van der Waals surface area contributed by atoms with Crippen LogP contribution in [-0.2, 0) is 13.1 Å². The average Bonchev–Trinajstić information content (AvgIpc) is 2.45. The van der Waals surface area contributed by atoms with Crippen LogP contribution in [0.5, 0.6) is 0 Å². The largest absolute Gasteiger partial charge is 0.355 e. The Kier molecular flexibility index (Phi) is 5.59. The zero-order valence-corrected chi connectivity index (χ0v) is 13.6. The maximum absolute atomic E-state index is 6.03. The van der Waals surface area contributed by atoms with Crippen molar-refractivity contribution in [3.63, 3.8) is 0 Å². The van der Waals surface area contributed by atoms with Crippen molar-refractivity contribution in [1.82, 2.24) is 10.3 Å². The maximum atomic E-state index is 6.03. The molecule has 2 aromatic rings. The van der Waals surface area contributed by atoms with Crippen LogP contribution in [0.3, 0.4) is 0 Å². The van der Waals surface area contributed by atoms with Crippen LogP contribution in [0.4, 0.5) is 5.82 Å². The Morgan fingerprint density at radius 2 is 2.00 bits per heavy atom. The third-order valence-corrected chi connectivity index (χ3v) is 3.46. The predicted molar refractivity (Wildman–Crippen MR) is 89.8 cm³/mol. The summed E-state index contributed by atoms with van der Waals surface area (Å²) < 4.78 is 0. The van der Waals surface area contributed by atoms with Crippen LogP contribution in [0.15, 0.2) is 42.6 Å². The predicted octanol–water partition coefficient (Wildman–Crippen LogP) is 3.87. The fourth-order valence-corrected chi connectivity index (χ4v) is 2.30. The molecule has 0 spiro atoms. The summed E-state index contributed by atoms with van der Waals surface area (Å²) in [4.78, 5) is 6.58. The summed E-state index contributed by atoms with van der Waals surface area (Å²) in [5.74, 6) is 0.970. The molecule has 0 radical (unpaired) electrons. The van der Waals surface area contributed by atoms with Gasteiger partial charge in [0.1, 0.15) is 5.82 Å². The Morgan fingerprint density at radius 1 is 1.19 bits per heavy atom. The molecule has 112 valence electrons. The molecule has 0 atom stereocenters. The highest BCUT2D eigenvalue weighted by Gasteiger charge is 2.05. The normalized spacial score (nSPS) is 10.9. The van der Waals surface area contributed by atoms with E-state index in [0.29, 0.717) is 6.04 Å². The Hall–Kier alpha value is -1.58. The van der Waals surface area contributed by atoms with E-state index in [9.17, 15) is 0 Å². The van der Waals surface area contributed by atoms with Gasteiger partial charge in [-0.05, 0) is 35.4 Å². The molecule has 0 aliphatic heterocycles. The van der Waals surface area contributed by atoms with Gasteiger partial charge in [0.25, 0.3) is 0 Å². The molecule has 0 aliphatic rings. The van der Waals surface area contributed by atoms with E-state index < -0.39 is 0 Å². The van der Waals surface area contributed by atoms with Gasteiger partial charge in [-0.15, -0.1) is 0 Å². The average molecular weight is 304 g/mol. The van der Waals surface area contributed by atoms with Gasteiger partial charge in [0.05, 0.1) is 0 Å². The van der Waals surface area contributed by atoms with Crippen molar-refractivity contribution >= 4 is 17.4 Å². The summed E-state index contributed by atoms with van der Waals surface area (Å²) in [6.07, 6.45) is 1.86. The molecular formula is C17H22ClN3. The summed E-state index contributed by atoms with van der Waals surface area (Å²) in [6.45, 7) is 5.94. The molecule has 0 amide bonds. The van der Waals surface area contributed by atoms with Crippen LogP contribution in [0.2, 0.25) is 5.02 Å². The molecule has 0 bridgehead atoms. The second-order valence-corrected chi connectivity index (χ2v) is 5.98. The van der Waals surface area contributed by atoms with Gasteiger partial charge in [0, 0.05) is 37.4 Å². The van der Waals surface area contributed by atoms with Crippen molar-refractivity contribution in [1.29, 1.82) is 0 Å². The van der Waals surface area contributed by atoms with Gasteiger partial charge in [-0.25, -0.2) is 4.98 Å². The Bertz CT molecular complexity index is 584. The molecule has 0 fully saturated rings. The number of halogens is 1. The first-order valence-corrected chi connectivity index (χ1v) is 7.56. The summed E-state index contributed by atoms with van der Waals surface area (Å²) >= 11 is 6.03. The maximum Gasteiger partial charge on any atom is 0.128 e. The van der Waals surface area contributed by atoms with Crippen LogP contribution in [0.25, 0.3) is 0 Å². The van der Waals surface area contributed by atoms with Crippen LogP contribution >= 0.6 is 11.6 Å². The molecule has 0 saturated heterocycles. The number of nitrogens with zero attached hydrogens (tertiary/aromatic N) is 2. The van der Waals surface area contributed by atoms with Crippen molar-refractivity contribution < 1.29 is 0 Å². The van der Waals surface area contributed by atoms with Crippen molar-refractivity contribution in [2.24, 2.45) is 0 Å². The standard InChI is InChI=1S/C17H22ClN3/c1-13(2)20-11-14-7-8-19-17(10-14)21(3)12-15-5-4-6-16(18)9-15/h4-10,13,20H,11-12H2,1-3H3. The van der Waals surface area contributed by atoms with E-state index in [-0.39, 0.29) is 0 Å². The number of rotatable bonds is 6. The first-order chi connectivity index (χ1) is 10.0. The molecule has 3 nitrogen and oxygen atoms in total. The minimum Gasteiger partial charge on any atom is -0.355 e. The van der Waals surface area contributed by atoms with Crippen LogP contribution in [-0.4, -0.2) is 18.1 Å². The van der Waals surface area contributed by atoms with E-state index in [2.05, 4.69) is 41.2 Å². The lowest BCUT2D eigenvalue weighted by Crippen LogP contribution is -2.22. The van der Waals surface area contributed by atoms with Gasteiger partial charge in [-0.2, -0.15) is 0 Å².